The molecule has 1 saturated heterocycles. The van der Waals surface area contributed by atoms with E-state index in [0.717, 1.165) is 41.6 Å². The third kappa shape index (κ3) is 3.71. The van der Waals surface area contributed by atoms with Crippen LogP contribution in [0.25, 0.3) is 11.8 Å². The van der Waals surface area contributed by atoms with Gasteiger partial charge in [0.2, 0.25) is 5.91 Å². The van der Waals surface area contributed by atoms with Crippen molar-refractivity contribution in [2.75, 3.05) is 13.1 Å². The van der Waals surface area contributed by atoms with E-state index in [4.69, 9.17) is 0 Å². The molecule has 1 aromatic carbocycles. The van der Waals surface area contributed by atoms with Crippen molar-refractivity contribution in [2.45, 2.75) is 46.0 Å². The SMILES string of the molecule is Cc1nn(-c2ccccc2)c(C)c1/C=C/C(=O)N1CC[C@H]2CCCC[C@H]2C1. The monoisotopic (exact) mass is 363 g/mol. The van der Waals surface area contributed by atoms with Gasteiger partial charge in [-0.05, 0) is 56.7 Å². The maximum Gasteiger partial charge on any atom is 0.246 e. The maximum atomic E-state index is 12.8. The van der Waals surface area contributed by atoms with Gasteiger partial charge >= 0.3 is 0 Å². The van der Waals surface area contributed by atoms with Gasteiger partial charge in [-0.3, -0.25) is 4.79 Å². The van der Waals surface area contributed by atoms with E-state index in [1.807, 2.05) is 48.0 Å². The molecule has 1 amide bonds. The summed E-state index contributed by atoms with van der Waals surface area (Å²) < 4.78 is 1.95. The summed E-state index contributed by atoms with van der Waals surface area (Å²) in [4.78, 5) is 14.8. The molecule has 1 aromatic heterocycles. The molecule has 0 N–H and O–H groups in total. The van der Waals surface area contributed by atoms with E-state index < -0.39 is 0 Å². The van der Waals surface area contributed by atoms with Gasteiger partial charge < -0.3 is 4.90 Å². The zero-order valence-electron chi connectivity index (χ0n) is 16.4. The molecular formula is C23H29N3O. The second kappa shape index (κ2) is 7.71. The summed E-state index contributed by atoms with van der Waals surface area (Å²) in [6.45, 7) is 5.91. The molecular weight excluding hydrogens is 334 g/mol. The smallest absolute Gasteiger partial charge is 0.246 e. The third-order valence-corrected chi connectivity index (χ3v) is 6.34. The van der Waals surface area contributed by atoms with Gasteiger partial charge in [0, 0.05) is 30.4 Å². The number of carbonyl (C=O) groups is 1. The number of carbonyl (C=O) groups excluding carboxylic acids is 1. The zero-order valence-corrected chi connectivity index (χ0v) is 16.4. The molecule has 2 aliphatic rings. The van der Waals surface area contributed by atoms with Crippen molar-refractivity contribution in [1.82, 2.24) is 14.7 Å². The number of hydrogen-bond acceptors (Lipinski definition) is 2. The summed E-state index contributed by atoms with van der Waals surface area (Å²) in [5.41, 5.74) is 4.10. The van der Waals surface area contributed by atoms with Crippen LogP contribution in [0.3, 0.4) is 0 Å². The van der Waals surface area contributed by atoms with Crippen molar-refractivity contribution in [1.29, 1.82) is 0 Å². The second-order valence-electron chi connectivity index (χ2n) is 8.04. The molecule has 4 heteroatoms. The minimum atomic E-state index is 0.144. The van der Waals surface area contributed by atoms with Crippen molar-refractivity contribution in [3.8, 4) is 5.69 Å². The van der Waals surface area contributed by atoms with Crippen molar-refractivity contribution < 1.29 is 4.79 Å². The van der Waals surface area contributed by atoms with Crippen LogP contribution < -0.4 is 0 Å². The quantitative estimate of drug-likeness (QED) is 0.751. The van der Waals surface area contributed by atoms with Crippen LogP contribution >= 0.6 is 0 Å². The number of para-hydroxylation sites is 1. The molecule has 0 spiro atoms. The van der Waals surface area contributed by atoms with Crippen molar-refractivity contribution >= 4 is 12.0 Å². The van der Waals surface area contributed by atoms with E-state index >= 15 is 0 Å². The van der Waals surface area contributed by atoms with Gasteiger partial charge in [0.1, 0.15) is 0 Å². The maximum absolute atomic E-state index is 12.8. The fraction of sp³-hybridized carbons (Fsp3) is 0.478. The molecule has 142 valence electrons. The standard InChI is InChI=1S/C23H29N3O/c1-17-22(18(2)26(24-17)21-10-4-3-5-11-21)12-13-23(27)25-15-14-19-8-6-7-9-20(19)16-25/h3-5,10-13,19-20H,6-9,14-16H2,1-2H3/b13-12+/t19-,20+/m1/s1. The molecule has 0 bridgehead atoms. The Morgan fingerprint density at radius 1 is 1.07 bits per heavy atom. The van der Waals surface area contributed by atoms with Crippen molar-refractivity contribution in [3.05, 3.63) is 53.4 Å². The number of nitrogens with zero attached hydrogens (tertiary/aromatic N) is 3. The first-order valence-corrected chi connectivity index (χ1v) is 10.2. The van der Waals surface area contributed by atoms with Gasteiger partial charge in [-0.2, -0.15) is 5.10 Å². The van der Waals surface area contributed by atoms with Crippen LogP contribution in [0.1, 0.15) is 49.1 Å². The topological polar surface area (TPSA) is 38.1 Å². The minimum Gasteiger partial charge on any atom is -0.339 e. The van der Waals surface area contributed by atoms with Crippen LogP contribution in [0, 0.1) is 25.7 Å². The lowest BCUT2D eigenvalue weighted by molar-refractivity contribution is -0.128. The van der Waals surface area contributed by atoms with E-state index in [0.29, 0.717) is 5.92 Å². The lowest BCUT2D eigenvalue weighted by atomic mass is 9.75. The van der Waals surface area contributed by atoms with E-state index in [-0.39, 0.29) is 5.91 Å². The van der Waals surface area contributed by atoms with Gasteiger partial charge in [-0.1, -0.05) is 37.5 Å². The fourth-order valence-electron chi connectivity index (χ4n) is 4.78. The Bertz CT molecular complexity index is 837. The summed E-state index contributed by atoms with van der Waals surface area (Å²) in [6, 6.07) is 10.1. The van der Waals surface area contributed by atoms with Crippen LogP contribution in [0.5, 0.6) is 0 Å². The number of likely N-dealkylation sites (tertiary alicyclic amines) is 1. The van der Waals surface area contributed by atoms with Crippen LogP contribution in [0.2, 0.25) is 0 Å². The van der Waals surface area contributed by atoms with E-state index in [9.17, 15) is 4.79 Å². The summed E-state index contributed by atoms with van der Waals surface area (Å²) >= 11 is 0. The van der Waals surface area contributed by atoms with Gasteiger partial charge in [0.25, 0.3) is 0 Å². The van der Waals surface area contributed by atoms with Gasteiger partial charge in [0.05, 0.1) is 11.4 Å². The van der Waals surface area contributed by atoms with Gasteiger partial charge in [0.15, 0.2) is 0 Å². The third-order valence-electron chi connectivity index (χ3n) is 6.34. The van der Waals surface area contributed by atoms with E-state index in [1.54, 1.807) is 6.08 Å². The fourth-order valence-corrected chi connectivity index (χ4v) is 4.78. The first-order chi connectivity index (χ1) is 13.1. The molecule has 1 aliphatic carbocycles. The molecule has 2 atom stereocenters. The van der Waals surface area contributed by atoms with Crippen molar-refractivity contribution in [2.24, 2.45) is 11.8 Å². The molecule has 2 heterocycles. The molecule has 1 aliphatic heterocycles. The average Bonchev–Trinajstić information content (AvgIpc) is 3.00. The van der Waals surface area contributed by atoms with Crippen LogP contribution in [0.15, 0.2) is 36.4 Å². The molecule has 4 nitrogen and oxygen atoms in total. The lowest BCUT2D eigenvalue weighted by Gasteiger charge is -2.41. The summed E-state index contributed by atoms with van der Waals surface area (Å²) in [5.74, 6) is 1.71. The van der Waals surface area contributed by atoms with Crippen molar-refractivity contribution in [3.63, 3.8) is 0 Å². The number of fused-ring (bicyclic) bond motifs is 1. The number of piperidine rings is 1. The number of amides is 1. The predicted octanol–water partition coefficient (Wildman–Crippen LogP) is 4.54. The average molecular weight is 364 g/mol. The number of aromatic nitrogens is 2. The largest absolute Gasteiger partial charge is 0.339 e. The van der Waals surface area contributed by atoms with Gasteiger partial charge in [-0.15, -0.1) is 0 Å². The molecule has 1 saturated carbocycles. The normalized spacial score (nSPS) is 22.8. The molecule has 0 unspecified atom stereocenters. The molecule has 2 aromatic rings. The Labute approximate surface area is 161 Å². The highest BCUT2D eigenvalue weighted by Crippen LogP contribution is 2.36. The first-order valence-electron chi connectivity index (χ1n) is 10.2. The summed E-state index contributed by atoms with van der Waals surface area (Å²) in [5, 5.41) is 4.67. The highest BCUT2D eigenvalue weighted by atomic mass is 16.2. The Morgan fingerprint density at radius 2 is 1.81 bits per heavy atom. The molecule has 2 fully saturated rings. The lowest BCUT2D eigenvalue weighted by Crippen LogP contribution is -2.44. The Kier molecular flexibility index (Phi) is 5.15. The Hall–Kier alpha value is -2.36. The second-order valence-corrected chi connectivity index (χ2v) is 8.04. The number of rotatable bonds is 3. The summed E-state index contributed by atoms with van der Waals surface area (Å²) in [7, 11) is 0. The number of aryl methyl sites for hydroxylation is 1. The highest BCUT2D eigenvalue weighted by Gasteiger charge is 2.32. The number of benzene rings is 1. The van der Waals surface area contributed by atoms with E-state index in [1.165, 1.54) is 32.1 Å². The number of hydrogen-bond donors (Lipinski definition) is 0. The Balaban J connectivity index is 1.48. The van der Waals surface area contributed by atoms with Crippen LogP contribution in [-0.4, -0.2) is 33.7 Å². The highest BCUT2D eigenvalue weighted by molar-refractivity contribution is 5.92. The minimum absolute atomic E-state index is 0.144. The first kappa shape index (κ1) is 18.0. The van der Waals surface area contributed by atoms with Crippen LogP contribution in [-0.2, 0) is 4.79 Å². The summed E-state index contributed by atoms with van der Waals surface area (Å²) in [6.07, 6.45) is 10.2. The van der Waals surface area contributed by atoms with Crippen LogP contribution in [0.4, 0.5) is 0 Å². The van der Waals surface area contributed by atoms with E-state index in [2.05, 4.69) is 16.9 Å². The van der Waals surface area contributed by atoms with Gasteiger partial charge in [-0.25, -0.2) is 4.68 Å². The zero-order chi connectivity index (χ0) is 18.8. The molecule has 4 rings (SSSR count). The molecule has 0 radical (unpaired) electrons. The predicted molar refractivity (Wildman–Crippen MR) is 109 cm³/mol. The molecule has 27 heavy (non-hydrogen) atoms. The Morgan fingerprint density at radius 3 is 2.59 bits per heavy atom.